The minimum atomic E-state index is 0.259. The molecule has 2 rings (SSSR count). The van der Waals surface area contributed by atoms with E-state index in [9.17, 15) is 0 Å². The van der Waals surface area contributed by atoms with Crippen LogP contribution in [0.1, 0.15) is 63.0 Å². The van der Waals surface area contributed by atoms with Crippen molar-refractivity contribution in [2.45, 2.75) is 57.3 Å². The lowest BCUT2D eigenvalue weighted by Gasteiger charge is -2.36. The number of benzene rings is 1. The van der Waals surface area contributed by atoms with E-state index >= 15 is 0 Å². The third-order valence-corrected chi connectivity index (χ3v) is 4.77. The van der Waals surface area contributed by atoms with Gasteiger partial charge in [-0.3, -0.25) is 0 Å². The van der Waals surface area contributed by atoms with Gasteiger partial charge in [0.05, 0.1) is 0 Å². The van der Waals surface area contributed by atoms with E-state index in [2.05, 4.69) is 38.1 Å². The first-order valence-electron chi connectivity index (χ1n) is 6.84. The fourth-order valence-corrected chi connectivity index (χ4v) is 3.37. The van der Waals surface area contributed by atoms with Crippen LogP contribution >= 0.6 is 11.6 Å². The standard InChI is InChI=1S/C16H23Cl/c1-13(2)14-6-8-15(9-7-14)16(12-17)10-4-3-5-11-16/h6-9,13H,3-5,10-12H2,1-2H3. The largest absolute Gasteiger partial charge is 0.126 e. The van der Waals surface area contributed by atoms with Crippen LogP contribution < -0.4 is 0 Å². The minimum Gasteiger partial charge on any atom is -0.126 e. The molecule has 1 aliphatic rings. The molecule has 0 amide bonds. The molecule has 0 nitrogen and oxygen atoms in total. The van der Waals surface area contributed by atoms with Gasteiger partial charge in [-0.05, 0) is 29.9 Å². The molecule has 0 atom stereocenters. The second-order valence-corrected chi connectivity index (χ2v) is 6.02. The second-order valence-electron chi connectivity index (χ2n) is 5.75. The molecule has 1 aromatic carbocycles. The highest BCUT2D eigenvalue weighted by Crippen LogP contribution is 2.40. The predicted molar refractivity (Wildman–Crippen MR) is 76.0 cm³/mol. The zero-order chi connectivity index (χ0) is 12.3. The van der Waals surface area contributed by atoms with Gasteiger partial charge < -0.3 is 0 Å². The molecule has 0 unspecified atom stereocenters. The number of rotatable bonds is 3. The van der Waals surface area contributed by atoms with Crippen LogP contribution in [0.4, 0.5) is 0 Å². The Hall–Kier alpha value is -0.490. The molecule has 0 aliphatic heterocycles. The van der Waals surface area contributed by atoms with Gasteiger partial charge in [0, 0.05) is 11.3 Å². The summed E-state index contributed by atoms with van der Waals surface area (Å²) in [5.41, 5.74) is 3.14. The molecule has 0 N–H and O–H groups in total. The summed E-state index contributed by atoms with van der Waals surface area (Å²) in [6, 6.07) is 9.18. The molecule has 0 radical (unpaired) electrons. The van der Waals surface area contributed by atoms with E-state index in [0.29, 0.717) is 5.92 Å². The number of hydrogen-bond acceptors (Lipinski definition) is 0. The van der Waals surface area contributed by atoms with E-state index in [-0.39, 0.29) is 5.41 Å². The smallest absolute Gasteiger partial charge is 0.0320 e. The highest BCUT2D eigenvalue weighted by Gasteiger charge is 2.32. The molecular weight excluding hydrogens is 228 g/mol. The van der Waals surface area contributed by atoms with E-state index in [4.69, 9.17) is 11.6 Å². The fourth-order valence-electron chi connectivity index (χ4n) is 2.95. The SMILES string of the molecule is CC(C)c1ccc(C2(CCl)CCCCC2)cc1. The molecule has 0 saturated heterocycles. The highest BCUT2D eigenvalue weighted by atomic mass is 35.5. The Morgan fingerprint density at radius 3 is 2.12 bits per heavy atom. The normalized spacial score (nSPS) is 19.5. The summed E-state index contributed by atoms with van der Waals surface area (Å²) in [7, 11) is 0. The first kappa shape index (κ1) is 13.0. The number of hydrogen-bond donors (Lipinski definition) is 0. The summed E-state index contributed by atoms with van der Waals surface area (Å²) < 4.78 is 0. The molecule has 1 heteroatoms. The molecule has 94 valence electrons. The zero-order valence-electron chi connectivity index (χ0n) is 11.0. The first-order chi connectivity index (χ1) is 8.18. The monoisotopic (exact) mass is 250 g/mol. The van der Waals surface area contributed by atoms with Gasteiger partial charge in [0.25, 0.3) is 0 Å². The molecule has 1 aromatic rings. The van der Waals surface area contributed by atoms with Crippen LogP contribution in [-0.2, 0) is 5.41 Å². The maximum Gasteiger partial charge on any atom is 0.0320 e. The van der Waals surface area contributed by atoms with E-state index in [1.54, 1.807) is 0 Å². The molecule has 1 fully saturated rings. The summed E-state index contributed by atoms with van der Waals surface area (Å²) in [6.07, 6.45) is 6.56. The van der Waals surface area contributed by atoms with Gasteiger partial charge in [0.15, 0.2) is 0 Å². The third kappa shape index (κ3) is 2.68. The van der Waals surface area contributed by atoms with Crippen LogP contribution in [0.3, 0.4) is 0 Å². The fraction of sp³-hybridized carbons (Fsp3) is 0.625. The maximum absolute atomic E-state index is 6.27. The van der Waals surface area contributed by atoms with Crippen LogP contribution in [0.15, 0.2) is 24.3 Å². The summed E-state index contributed by atoms with van der Waals surface area (Å²) in [6.45, 7) is 4.49. The van der Waals surface area contributed by atoms with E-state index in [0.717, 1.165) is 5.88 Å². The molecule has 0 heterocycles. The van der Waals surface area contributed by atoms with Gasteiger partial charge in [-0.2, -0.15) is 0 Å². The molecule has 1 aliphatic carbocycles. The molecule has 0 bridgehead atoms. The number of alkyl halides is 1. The van der Waals surface area contributed by atoms with Crippen LogP contribution in [0.5, 0.6) is 0 Å². The Balaban J connectivity index is 2.24. The summed E-state index contributed by atoms with van der Waals surface area (Å²) in [5, 5.41) is 0. The zero-order valence-corrected chi connectivity index (χ0v) is 11.8. The predicted octanol–water partition coefficient (Wildman–Crippen LogP) is 5.25. The molecule has 1 saturated carbocycles. The first-order valence-corrected chi connectivity index (χ1v) is 7.38. The van der Waals surface area contributed by atoms with Gasteiger partial charge in [-0.1, -0.05) is 57.4 Å². The topological polar surface area (TPSA) is 0 Å². The van der Waals surface area contributed by atoms with Crippen molar-refractivity contribution in [1.29, 1.82) is 0 Å². The van der Waals surface area contributed by atoms with Crippen molar-refractivity contribution in [2.24, 2.45) is 0 Å². The second kappa shape index (κ2) is 5.44. The Morgan fingerprint density at radius 2 is 1.65 bits per heavy atom. The van der Waals surface area contributed by atoms with Crippen molar-refractivity contribution < 1.29 is 0 Å². The minimum absolute atomic E-state index is 0.259. The lowest BCUT2D eigenvalue weighted by Crippen LogP contribution is -2.30. The average Bonchev–Trinajstić information content (AvgIpc) is 2.39. The molecule has 17 heavy (non-hydrogen) atoms. The molecule has 0 aromatic heterocycles. The Labute approximate surface area is 110 Å². The van der Waals surface area contributed by atoms with Crippen LogP contribution in [0, 0.1) is 0 Å². The van der Waals surface area contributed by atoms with Crippen molar-refractivity contribution in [2.75, 3.05) is 5.88 Å². The average molecular weight is 251 g/mol. The van der Waals surface area contributed by atoms with Crippen LogP contribution in [0.2, 0.25) is 0 Å². The van der Waals surface area contributed by atoms with Gasteiger partial charge in [0.1, 0.15) is 0 Å². The molecule has 0 spiro atoms. The van der Waals surface area contributed by atoms with Crippen molar-refractivity contribution in [3.63, 3.8) is 0 Å². The Bertz CT molecular complexity index is 344. The summed E-state index contributed by atoms with van der Waals surface area (Å²) in [4.78, 5) is 0. The van der Waals surface area contributed by atoms with Crippen LogP contribution in [-0.4, -0.2) is 5.88 Å². The van der Waals surface area contributed by atoms with Crippen molar-refractivity contribution in [3.8, 4) is 0 Å². The van der Waals surface area contributed by atoms with E-state index < -0.39 is 0 Å². The highest BCUT2D eigenvalue weighted by molar-refractivity contribution is 6.18. The van der Waals surface area contributed by atoms with E-state index in [1.807, 2.05) is 0 Å². The Morgan fingerprint density at radius 1 is 1.06 bits per heavy atom. The summed E-state index contributed by atoms with van der Waals surface area (Å²) >= 11 is 6.27. The van der Waals surface area contributed by atoms with Crippen molar-refractivity contribution in [3.05, 3.63) is 35.4 Å². The summed E-state index contributed by atoms with van der Waals surface area (Å²) in [5.74, 6) is 1.39. The lowest BCUT2D eigenvalue weighted by atomic mass is 9.70. The Kier molecular flexibility index (Phi) is 4.14. The van der Waals surface area contributed by atoms with Crippen LogP contribution in [0.25, 0.3) is 0 Å². The van der Waals surface area contributed by atoms with Gasteiger partial charge in [-0.25, -0.2) is 0 Å². The quantitative estimate of drug-likeness (QED) is 0.643. The van der Waals surface area contributed by atoms with Gasteiger partial charge in [-0.15, -0.1) is 11.6 Å². The van der Waals surface area contributed by atoms with Gasteiger partial charge in [0.2, 0.25) is 0 Å². The van der Waals surface area contributed by atoms with Crippen molar-refractivity contribution in [1.82, 2.24) is 0 Å². The van der Waals surface area contributed by atoms with Gasteiger partial charge >= 0.3 is 0 Å². The molecular formula is C16H23Cl. The van der Waals surface area contributed by atoms with E-state index in [1.165, 1.54) is 43.2 Å². The third-order valence-electron chi connectivity index (χ3n) is 4.26. The maximum atomic E-state index is 6.27. The lowest BCUT2D eigenvalue weighted by molar-refractivity contribution is 0.324. The van der Waals surface area contributed by atoms with Crippen molar-refractivity contribution >= 4 is 11.6 Å². The number of halogens is 1.